The summed E-state index contributed by atoms with van der Waals surface area (Å²) in [6.45, 7) is 6.72. The van der Waals surface area contributed by atoms with Gasteiger partial charge in [-0.3, -0.25) is 0 Å². The lowest BCUT2D eigenvalue weighted by Crippen LogP contribution is -2.49. The third-order valence-corrected chi connectivity index (χ3v) is 5.23. The van der Waals surface area contributed by atoms with Gasteiger partial charge in [-0.15, -0.1) is 0 Å². The van der Waals surface area contributed by atoms with E-state index in [9.17, 15) is 4.79 Å². The van der Waals surface area contributed by atoms with Crippen LogP contribution in [0.4, 0.5) is 16.6 Å². The molecule has 3 rings (SSSR count). The standard InChI is InChI=1S/C15H22ClN5O2S/c1-2-23-15(22)21-5-3-20(4-6-21)14-17-12(16)11-13(18-14)19-7-9-24-10-8-19/h11H,2-10H2,1H3. The molecule has 2 aliphatic rings. The van der Waals surface area contributed by atoms with Gasteiger partial charge in [0.15, 0.2) is 0 Å². The molecular weight excluding hydrogens is 350 g/mol. The number of amides is 1. The molecule has 0 aliphatic carbocycles. The molecule has 24 heavy (non-hydrogen) atoms. The fourth-order valence-electron chi connectivity index (χ4n) is 2.79. The summed E-state index contributed by atoms with van der Waals surface area (Å²) >= 11 is 8.17. The molecular formula is C15H22ClN5O2S. The van der Waals surface area contributed by atoms with Gasteiger partial charge in [0.25, 0.3) is 0 Å². The van der Waals surface area contributed by atoms with E-state index in [4.69, 9.17) is 21.3 Å². The first-order chi connectivity index (χ1) is 11.7. The van der Waals surface area contributed by atoms with E-state index in [0.717, 1.165) is 30.4 Å². The second-order valence-corrected chi connectivity index (χ2v) is 7.23. The van der Waals surface area contributed by atoms with Gasteiger partial charge in [-0.1, -0.05) is 11.6 Å². The number of aromatic nitrogens is 2. The number of piperazine rings is 1. The van der Waals surface area contributed by atoms with Crippen LogP contribution >= 0.6 is 23.4 Å². The Hall–Kier alpha value is -1.41. The topological polar surface area (TPSA) is 61.8 Å². The van der Waals surface area contributed by atoms with E-state index in [1.807, 2.05) is 24.8 Å². The van der Waals surface area contributed by atoms with Crippen LogP contribution in [0.15, 0.2) is 6.07 Å². The largest absolute Gasteiger partial charge is 0.450 e. The Morgan fingerprint density at radius 3 is 2.54 bits per heavy atom. The zero-order valence-corrected chi connectivity index (χ0v) is 15.4. The lowest BCUT2D eigenvalue weighted by Gasteiger charge is -2.34. The molecule has 1 aromatic heterocycles. The molecule has 0 spiro atoms. The number of carbonyl (C=O) groups is 1. The van der Waals surface area contributed by atoms with Crippen molar-refractivity contribution < 1.29 is 9.53 Å². The summed E-state index contributed by atoms with van der Waals surface area (Å²) < 4.78 is 5.05. The molecule has 132 valence electrons. The minimum Gasteiger partial charge on any atom is -0.450 e. The van der Waals surface area contributed by atoms with E-state index in [-0.39, 0.29) is 6.09 Å². The summed E-state index contributed by atoms with van der Waals surface area (Å²) in [6, 6.07) is 1.83. The van der Waals surface area contributed by atoms with Crippen LogP contribution in [0.25, 0.3) is 0 Å². The number of halogens is 1. The van der Waals surface area contributed by atoms with Crippen LogP contribution in [-0.4, -0.2) is 78.3 Å². The van der Waals surface area contributed by atoms with Crippen molar-refractivity contribution in [2.45, 2.75) is 6.92 Å². The number of carbonyl (C=O) groups excluding carboxylic acids is 1. The highest BCUT2D eigenvalue weighted by Gasteiger charge is 2.24. The highest BCUT2D eigenvalue weighted by molar-refractivity contribution is 7.99. The highest BCUT2D eigenvalue weighted by atomic mass is 35.5. The predicted octanol–water partition coefficient (Wildman–Crippen LogP) is 1.96. The predicted molar refractivity (Wildman–Crippen MR) is 97.4 cm³/mol. The Morgan fingerprint density at radius 2 is 1.88 bits per heavy atom. The minimum absolute atomic E-state index is 0.254. The Labute approximate surface area is 151 Å². The number of rotatable bonds is 3. The fourth-order valence-corrected chi connectivity index (χ4v) is 3.87. The molecule has 0 aromatic carbocycles. The zero-order valence-electron chi connectivity index (χ0n) is 13.8. The summed E-state index contributed by atoms with van der Waals surface area (Å²) in [6.07, 6.45) is -0.254. The van der Waals surface area contributed by atoms with E-state index >= 15 is 0 Å². The second-order valence-electron chi connectivity index (χ2n) is 5.62. The fraction of sp³-hybridized carbons (Fsp3) is 0.667. The molecule has 2 fully saturated rings. The monoisotopic (exact) mass is 371 g/mol. The van der Waals surface area contributed by atoms with Gasteiger partial charge >= 0.3 is 6.09 Å². The molecule has 3 heterocycles. The van der Waals surface area contributed by atoms with E-state index in [1.165, 1.54) is 0 Å². The van der Waals surface area contributed by atoms with E-state index in [0.29, 0.717) is 43.9 Å². The normalized spacial score (nSPS) is 18.7. The van der Waals surface area contributed by atoms with Gasteiger partial charge in [0.1, 0.15) is 11.0 Å². The molecule has 0 saturated carbocycles. The number of hydrogen-bond donors (Lipinski definition) is 0. The molecule has 0 unspecified atom stereocenters. The lowest BCUT2D eigenvalue weighted by molar-refractivity contribution is 0.105. The number of hydrogen-bond acceptors (Lipinski definition) is 7. The Kier molecular flexibility index (Phi) is 5.89. The molecule has 9 heteroatoms. The van der Waals surface area contributed by atoms with Gasteiger partial charge in [0, 0.05) is 56.8 Å². The van der Waals surface area contributed by atoms with Gasteiger partial charge in [-0.2, -0.15) is 16.7 Å². The maximum atomic E-state index is 11.8. The van der Waals surface area contributed by atoms with Crippen molar-refractivity contribution in [2.24, 2.45) is 0 Å². The van der Waals surface area contributed by atoms with E-state index in [2.05, 4.69) is 14.8 Å². The first kappa shape index (κ1) is 17.4. The average Bonchev–Trinajstić information content (AvgIpc) is 2.62. The molecule has 0 bridgehead atoms. The van der Waals surface area contributed by atoms with Gasteiger partial charge in [0.05, 0.1) is 6.61 Å². The average molecular weight is 372 g/mol. The van der Waals surface area contributed by atoms with Crippen LogP contribution < -0.4 is 9.80 Å². The van der Waals surface area contributed by atoms with Crippen molar-refractivity contribution in [3.05, 3.63) is 11.2 Å². The minimum atomic E-state index is -0.254. The molecule has 7 nitrogen and oxygen atoms in total. The molecule has 0 atom stereocenters. The first-order valence-electron chi connectivity index (χ1n) is 8.21. The molecule has 1 amide bonds. The van der Waals surface area contributed by atoms with Crippen molar-refractivity contribution in [1.82, 2.24) is 14.9 Å². The zero-order chi connectivity index (χ0) is 16.9. The van der Waals surface area contributed by atoms with Gasteiger partial charge < -0.3 is 19.4 Å². The van der Waals surface area contributed by atoms with Gasteiger partial charge in [-0.25, -0.2) is 9.78 Å². The smallest absolute Gasteiger partial charge is 0.409 e. The number of ether oxygens (including phenoxy) is 1. The Morgan fingerprint density at radius 1 is 1.17 bits per heavy atom. The molecule has 0 N–H and O–H groups in total. The first-order valence-corrected chi connectivity index (χ1v) is 9.74. The third-order valence-electron chi connectivity index (χ3n) is 4.09. The van der Waals surface area contributed by atoms with Gasteiger partial charge in [-0.05, 0) is 6.92 Å². The summed E-state index contributed by atoms with van der Waals surface area (Å²) in [4.78, 5) is 26.9. The van der Waals surface area contributed by atoms with Crippen molar-refractivity contribution in [1.29, 1.82) is 0 Å². The van der Waals surface area contributed by atoms with Crippen molar-refractivity contribution in [3.8, 4) is 0 Å². The van der Waals surface area contributed by atoms with Crippen LogP contribution in [0, 0.1) is 0 Å². The van der Waals surface area contributed by atoms with Crippen molar-refractivity contribution >= 4 is 41.2 Å². The second kappa shape index (κ2) is 8.11. The maximum Gasteiger partial charge on any atom is 0.409 e. The lowest BCUT2D eigenvalue weighted by atomic mass is 10.3. The SMILES string of the molecule is CCOC(=O)N1CCN(c2nc(Cl)cc(N3CCSCC3)n2)CC1. The van der Waals surface area contributed by atoms with Crippen LogP contribution in [0.1, 0.15) is 6.92 Å². The third kappa shape index (κ3) is 4.16. The van der Waals surface area contributed by atoms with E-state index < -0.39 is 0 Å². The molecule has 1 aromatic rings. The number of nitrogens with zero attached hydrogens (tertiary/aromatic N) is 5. The Balaban J connectivity index is 1.67. The van der Waals surface area contributed by atoms with Crippen LogP contribution in [-0.2, 0) is 4.74 Å². The maximum absolute atomic E-state index is 11.8. The van der Waals surface area contributed by atoms with Gasteiger partial charge in [0.2, 0.25) is 5.95 Å². The highest BCUT2D eigenvalue weighted by Crippen LogP contribution is 2.23. The summed E-state index contributed by atoms with van der Waals surface area (Å²) in [5.74, 6) is 3.74. The molecule has 2 aliphatic heterocycles. The summed E-state index contributed by atoms with van der Waals surface area (Å²) in [5.41, 5.74) is 0. The van der Waals surface area contributed by atoms with E-state index in [1.54, 1.807) is 4.90 Å². The molecule has 0 radical (unpaired) electrons. The summed E-state index contributed by atoms with van der Waals surface area (Å²) in [5, 5.41) is 0.459. The summed E-state index contributed by atoms with van der Waals surface area (Å²) in [7, 11) is 0. The van der Waals surface area contributed by atoms with Crippen LogP contribution in [0.3, 0.4) is 0 Å². The number of anilines is 2. The number of thioether (sulfide) groups is 1. The van der Waals surface area contributed by atoms with Crippen LogP contribution in [0.5, 0.6) is 0 Å². The van der Waals surface area contributed by atoms with Crippen LogP contribution in [0.2, 0.25) is 5.15 Å². The van der Waals surface area contributed by atoms with Crippen molar-refractivity contribution in [2.75, 3.05) is 67.2 Å². The Bertz CT molecular complexity index is 577. The molecule has 2 saturated heterocycles. The van der Waals surface area contributed by atoms with Crippen molar-refractivity contribution in [3.63, 3.8) is 0 Å². The quantitative estimate of drug-likeness (QED) is 0.752.